The smallest absolute Gasteiger partial charge is 0.238 e. The van der Waals surface area contributed by atoms with E-state index < -0.39 is 36.3 Å². The molecular formula is C45H27N5O. The number of fused-ring (bicyclic) bond motifs is 9. The third-order valence-corrected chi connectivity index (χ3v) is 9.44. The topological polar surface area (TPSA) is 61.7 Å². The second kappa shape index (κ2) is 10.7. The number of benzene rings is 7. The average Bonchev–Trinajstić information content (AvgIpc) is 3.94. The van der Waals surface area contributed by atoms with Crippen molar-refractivity contribution >= 4 is 65.6 Å². The highest BCUT2D eigenvalue weighted by molar-refractivity contribution is 6.14. The Hall–Kier alpha value is -7.05. The summed E-state index contributed by atoms with van der Waals surface area (Å²) < 4.78 is 79.8. The van der Waals surface area contributed by atoms with Crippen molar-refractivity contribution in [3.63, 3.8) is 0 Å². The summed E-state index contributed by atoms with van der Waals surface area (Å²) in [5.41, 5.74) is 4.79. The number of hydrogen-bond acceptors (Lipinski definition) is 4. The second-order valence-electron chi connectivity index (χ2n) is 12.3. The normalized spacial score (nSPS) is 14.1. The quantitative estimate of drug-likeness (QED) is 0.188. The largest absolute Gasteiger partial charge is 0.456 e. The van der Waals surface area contributed by atoms with Gasteiger partial charge in [-0.15, -0.1) is 0 Å². The van der Waals surface area contributed by atoms with Gasteiger partial charge in [-0.25, -0.2) is 4.98 Å². The lowest BCUT2D eigenvalue weighted by Crippen LogP contribution is -2.06. The zero-order chi connectivity index (χ0) is 40.4. The molecule has 0 N–H and O–H groups in total. The molecule has 0 aliphatic rings. The molecule has 4 heterocycles. The van der Waals surface area contributed by atoms with Gasteiger partial charge in [0.25, 0.3) is 0 Å². The summed E-state index contributed by atoms with van der Waals surface area (Å²) in [5, 5.41) is 3.40. The van der Waals surface area contributed by atoms with Gasteiger partial charge in [0.2, 0.25) is 5.95 Å². The minimum Gasteiger partial charge on any atom is -0.456 e. The second-order valence-corrected chi connectivity index (χ2v) is 12.3. The third-order valence-electron chi connectivity index (χ3n) is 9.44. The molecule has 0 saturated carbocycles. The maximum Gasteiger partial charge on any atom is 0.238 e. The molecule has 238 valence electrons. The lowest BCUT2D eigenvalue weighted by atomic mass is 10.1. The highest BCUT2D eigenvalue weighted by Crippen LogP contribution is 2.40. The number of para-hydroxylation sites is 4. The molecule has 11 aromatic rings. The van der Waals surface area contributed by atoms with E-state index >= 15 is 0 Å². The molecule has 11 rings (SSSR count). The van der Waals surface area contributed by atoms with Crippen molar-refractivity contribution in [3.05, 3.63) is 164 Å². The van der Waals surface area contributed by atoms with Gasteiger partial charge in [0.05, 0.1) is 44.1 Å². The van der Waals surface area contributed by atoms with Gasteiger partial charge < -0.3 is 8.98 Å². The summed E-state index contributed by atoms with van der Waals surface area (Å²) in [5.74, 6) is 1.34. The first-order valence-corrected chi connectivity index (χ1v) is 16.4. The molecule has 0 amide bonds. The SMILES string of the molecule is [2H]c1c([2H])c([2H])c2c(c1[2H])c1c([2H])c([2H])c([2H])c([2H])c1n2-c1cccc2oc3cc(-c4nc(-c5ccccc5)nc(-n5c6ccccc6c6ccccc65)n4)ccc3c12. The number of nitrogens with zero attached hydrogens (tertiary/aromatic N) is 5. The Balaban J connectivity index is 1.17. The van der Waals surface area contributed by atoms with Crippen LogP contribution in [0.4, 0.5) is 0 Å². The molecule has 0 aliphatic heterocycles. The van der Waals surface area contributed by atoms with Crippen molar-refractivity contribution in [3.8, 4) is 34.4 Å². The maximum atomic E-state index is 9.02. The van der Waals surface area contributed by atoms with Crippen LogP contribution in [0.15, 0.2) is 168 Å². The zero-order valence-electron chi connectivity index (χ0n) is 34.6. The molecule has 0 unspecified atom stereocenters. The predicted octanol–water partition coefficient (Wildman–Crippen LogP) is 11.3. The highest BCUT2D eigenvalue weighted by Gasteiger charge is 2.20. The Morgan fingerprint density at radius 3 is 1.78 bits per heavy atom. The van der Waals surface area contributed by atoms with Crippen LogP contribution in [0.3, 0.4) is 0 Å². The van der Waals surface area contributed by atoms with Gasteiger partial charge in [-0.3, -0.25) is 4.57 Å². The first-order chi connectivity index (χ1) is 28.6. The molecule has 0 saturated heterocycles. The molecular weight excluding hydrogens is 627 g/mol. The van der Waals surface area contributed by atoms with E-state index in [0.29, 0.717) is 50.8 Å². The van der Waals surface area contributed by atoms with E-state index in [1.165, 1.54) is 4.57 Å². The molecule has 0 fully saturated rings. The summed E-state index contributed by atoms with van der Waals surface area (Å²) in [7, 11) is 0. The fraction of sp³-hybridized carbons (Fsp3) is 0. The molecule has 6 heteroatoms. The van der Waals surface area contributed by atoms with Crippen molar-refractivity contribution < 1.29 is 15.4 Å². The molecule has 0 radical (unpaired) electrons. The van der Waals surface area contributed by atoms with Crippen LogP contribution in [0.5, 0.6) is 0 Å². The summed E-state index contributed by atoms with van der Waals surface area (Å²) >= 11 is 0. The van der Waals surface area contributed by atoms with Crippen LogP contribution in [-0.2, 0) is 0 Å². The minimum atomic E-state index is -0.497. The van der Waals surface area contributed by atoms with Crippen molar-refractivity contribution in [2.75, 3.05) is 0 Å². The molecule has 0 atom stereocenters. The summed E-state index contributed by atoms with van der Waals surface area (Å²) in [4.78, 5) is 15.1. The molecule has 4 aromatic heterocycles. The van der Waals surface area contributed by atoms with E-state index in [2.05, 4.69) is 12.1 Å². The first kappa shape index (κ1) is 21.1. The maximum absolute atomic E-state index is 9.02. The van der Waals surface area contributed by atoms with Crippen molar-refractivity contribution in [2.24, 2.45) is 0 Å². The minimum absolute atomic E-state index is 0.00759. The Bertz CT molecular complexity index is 3480. The van der Waals surface area contributed by atoms with Crippen LogP contribution in [0.2, 0.25) is 0 Å². The number of hydrogen-bond donors (Lipinski definition) is 0. The summed E-state index contributed by atoms with van der Waals surface area (Å²) in [6.07, 6.45) is 0. The van der Waals surface area contributed by atoms with Gasteiger partial charge in [-0.2, -0.15) is 9.97 Å². The van der Waals surface area contributed by atoms with Gasteiger partial charge in [0, 0.05) is 38.1 Å². The van der Waals surface area contributed by atoms with E-state index in [1.54, 1.807) is 18.2 Å². The van der Waals surface area contributed by atoms with Crippen LogP contribution in [0.1, 0.15) is 11.0 Å². The van der Waals surface area contributed by atoms with E-state index in [0.717, 1.165) is 27.4 Å². The van der Waals surface area contributed by atoms with Crippen LogP contribution < -0.4 is 0 Å². The first-order valence-electron chi connectivity index (χ1n) is 20.4. The van der Waals surface area contributed by atoms with Gasteiger partial charge in [0.1, 0.15) is 11.2 Å². The third kappa shape index (κ3) is 4.14. The van der Waals surface area contributed by atoms with Crippen LogP contribution in [0.25, 0.3) is 100.0 Å². The standard InChI is InChI=1S/C45H27N5O/c1-2-13-28(14-3-1)43-46-44(48-45(47-43)50-37-21-10-6-17-32(37)33-18-7-11-22-38(33)50)29-25-26-34-41(27-29)51-40-24-12-23-39(42(34)40)49-35-19-8-4-15-30(35)31-16-5-9-20-36(31)49/h1-27H/i4D,5D,8D,9D,15D,16D,19D,20D. The van der Waals surface area contributed by atoms with E-state index in [1.807, 2.05) is 89.5 Å². The predicted molar refractivity (Wildman–Crippen MR) is 207 cm³/mol. The van der Waals surface area contributed by atoms with Gasteiger partial charge in [-0.1, -0.05) is 115 Å². The fourth-order valence-corrected chi connectivity index (χ4v) is 7.24. The molecule has 6 nitrogen and oxygen atoms in total. The van der Waals surface area contributed by atoms with Crippen LogP contribution in [0, 0.1) is 0 Å². The molecule has 0 aliphatic carbocycles. The van der Waals surface area contributed by atoms with Crippen molar-refractivity contribution in [1.82, 2.24) is 24.1 Å². The molecule has 0 bridgehead atoms. The van der Waals surface area contributed by atoms with Crippen molar-refractivity contribution in [2.45, 2.75) is 0 Å². The van der Waals surface area contributed by atoms with Gasteiger partial charge >= 0.3 is 0 Å². The number of rotatable bonds is 4. The molecule has 51 heavy (non-hydrogen) atoms. The van der Waals surface area contributed by atoms with E-state index in [-0.39, 0.29) is 33.9 Å². The van der Waals surface area contributed by atoms with Crippen molar-refractivity contribution in [1.29, 1.82) is 0 Å². The number of furan rings is 1. The van der Waals surface area contributed by atoms with E-state index in [4.69, 9.17) is 30.3 Å². The van der Waals surface area contributed by atoms with Crippen LogP contribution in [-0.4, -0.2) is 24.1 Å². The Morgan fingerprint density at radius 1 is 0.451 bits per heavy atom. The average molecular weight is 662 g/mol. The van der Waals surface area contributed by atoms with Crippen LogP contribution >= 0.6 is 0 Å². The lowest BCUT2D eigenvalue weighted by molar-refractivity contribution is 0.669. The Kier molecular flexibility index (Phi) is 4.44. The Morgan fingerprint density at radius 2 is 1.08 bits per heavy atom. The highest BCUT2D eigenvalue weighted by atomic mass is 16.3. The lowest BCUT2D eigenvalue weighted by Gasteiger charge is -2.11. The van der Waals surface area contributed by atoms with Gasteiger partial charge in [-0.05, 0) is 48.5 Å². The number of aromatic nitrogens is 5. The summed E-state index contributed by atoms with van der Waals surface area (Å²) in [6.45, 7) is 0. The zero-order valence-corrected chi connectivity index (χ0v) is 26.6. The molecule has 7 aromatic carbocycles. The monoisotopic (exact) mass is 661 g/mol. The summed E-state index contributed by atoms with van der Waals surface area (Å²) in [6, 6.07) is 33.4. The Labute approximate surface area is 302 Å². The fourth-order valence-electron chi connectivity index (χ4n) is 7.24. The van der Waals surface area contributed by atoms with E-state index in [9.17, 15) is 0 Å². The molecule has 0 spiro atoms. The van der Waals surface area contributed by atoms with Gasteiger partial charge in [0.15, 0.2) is 11.6 Å².